The summed E-state index contributed by atoms with van der Waals surface area (Å²) in [5.74, 6) is -3.23. The third-order valence-corrected chi connectivity index (χ3v) is 7.91. The highest BCUT2D eigenvalue weighted by Gasteiger charge is 2.44. The third-order valence-electron chi connectivity index (χ3n) is 7.91. The first kappa shape index (κ1) is 33.0. The molecule has 1 aliphatic carbocycles. The third kappa shape index (κ3) is 9.27. The zero-order valence-corrected chi connectivity index (χ0v) is 25.1. The van der Waals surface area contributed by atoms with E-state index in [4.69, 9.17) is 9.47 Å². The Bertz CT molecular complexity index is 1070. The Balaban J connectivity index is 1.69. The molecule has 0 radical (unpaired) electrons. The fourth-order valence-electron chi connectivity index (χ4n) is 5.27. The summed E-state index contributed by atoms with van der Waals surface area (Å²) in [4.78, 5) is 67.9. The molecule has 0 unspecified atom stereocenters. The number of urea groups is 1. The van der Waals surface area contributed by atoms with E-state index in [0.29, 0.717) is 45.6 Å². The van der Waals surface area contributed by atoms with Crippen molar-refractivity contribution in [2.45, 2.75) is 96.4 Å². The van der Waals surface area contributed by atoms with Gasteiger partial charge in [-0.1, -0.05) is 83.2 Å². The summed E-state index contributed by atoms with van der Waals surface area (Å²) in [5.41, 5.74) is -0.369. The summed E-state index contributed by atoms with van der Waals surface area (Å²) in [6, 6.07) is 6.70. The number of hydrogen-bond donors (Lipinski definition) is 3. The van der Waals surface area contributed by atoms with Crippen molar-refractivity contribution in [2.24, 2.45) is 5.92 Å². The van der Waals surface area contributed by atoms with E-state index in [1.807, 2.05) is 37.3 Å². The van der Waals surface area contributed by atoms with Gasteiger partial charge in [-0.2, -0.15) is 0 Å². The van der Waals surface area contributed by atoms with Crippen molar-refractivity contribution >= 4 is 29.6 Å². The van der Waals surface area contributed by atoms with Crippen molar-refractivity contribution in [1.82, 2.24) is 20.9 Å². The van der Waals surface area contributed by atoms with Gasteiger partial charge in [0.1, 0.15) is 18.2 Å². The minimum absolute atomic E-state index is 0.0418. The number of ether oxygens (including phenoxy) is 2. The van der Waals surface area contributed by atoms with Crippen LogP contribution in [0, 0.1) is 5.92 Å². The van der Waals surface area contributed by atoms with Crippen molar-refractivity contribution in [3.8, 4) is 0 Å². The predicted molar refractivity (Wildman–Crippen MR) is 156 cm³/mol. The summed E-state index contributed by atoms with van der Waals surface area (Å²) in [7, 11) is 0. The second-order valence-corrected chi connectivity index (χ2v) is 11.5. The topological polar surface area (TPSA) is 143 Å². The average molecular weight is 587 g/mol. The molecular weight excluding hydrogens is 540 g/mol. The number of carbonyl (C=O) groups excluding carboxylic acids is 5. The van der Waals surface area contributed by atoms with Crippen LogP contribution in [-0.2, 0) is 35.3 Å². The van der Waals surface area contributed by atoms with E-state index in [-0.39, 0.29) is 25.0 Å². The molecule has 2 fully saturated rings. The monoisotopic (exact) mass is 586 g/mol. The van der Waals surface area contributed by atoms with Gasteiger partial charge in [0.2, 0.25) is 11.7 Å². The summed E-state index contributed by atoms with van der Waals surface area (Å²) < 4.78 is 10.8. The van der Waals surface area contributed by atoms with E-state index in [9.17, 15) is 24.0 Å². The lowest BCUT2D eigenvalue weighted by molar-refractivity contribution is -0.151. The number of benzene rings is 1. The number of carbonyl (C=O) groups is 5. The standard InChI is InChI=1S/C31H46N4O7/c1-4-5-14-24(26(36)27(37)33-25(22(2)3)28(38)42-21-23-12-8-6-9-13-23)32-29(39)31(15-10-7-11-16-31)34-30(40)35-17-19-41-20-18-35/h6,8-9,12-13,22,24-25H,4-5,7,10-11,14-21H2,1-3H3,(H,32,39)(H,33,37)(H,34,40)/t24-,25-/m0/s1. The lowest BCUT2D eigenvalue weighted by Gasteiger charge is -2.39. The highest BCUT2D eigenvalue weighted by atomic mass is 16.5. The number of nitrogens with one attached hydrogen (secondary N) is 3. The molecule has 4 amide bonds. The largest absolute Gasteiger partial charge is 0.459 e. The fraction of sp³-hybridized carbons (Fsp3) is 0.645. The Labute approximate surface area is 248 Å². The van der Waals surface area contributed by atoms with Crippen molar-refractivity contribution in [1.29, 1.82) is 0 Å². The molecule has 1 saturated carbocycles. The van der Waals surface area contributed by atoms with Crippen LogP contribution in [0.2, 0.25) is 0 Å². The molecule has 1 aromatic rings. The Kier molecular flexibility index (Phi) is 12.8. The van der Waals surface area contributed by atoms with Crippen LogP contribution in [0.5, 0.6) is 0 Å². The number of ketones is 1. The van der Waals surface area contributed by atoms with Gasteiger partial charge >= 0.3 is 12.0 Å². The van der Waals surface area contributed by atoms with Crippen LogP contribution in [0.15, 0.2) is 30.3 Å². The molecule has 3 rings (SSSR count). The summed E-state index contributed by atoms with van der Waals surface area (Å²) >= 11 is 0. The number of rotatable bonds is 13. The minimum atomic E-state index is -1.17. The molecule has 42 heavy (non-hydrogen) atoms. The summed E-state index contributed by atoms with van der Waals surface area (Å²) in [6.07, 6.45) is 4.95. The van der Waals surface area contributed by atoms with Gasteiger partial charge in [-0.25, -0.2) is 9.59 Å². The molecule has 0 aromatic heterocycles. The molecule has 3 N–H and O–H groups in total. The average Bonchev–Trinajstić information content (AvgIpc) is 3.01. The lowest BCUT2D eigenvalue weighted by atomic mass is 9.80. The SMILES string of the molecule is CCCC[C@H](NC(=O)C1(NC(=O)N2CCOCC2)CCCCC1)C(=O)C(=O)N[C@H](C(=O)OCc1ccccc1)C(C)C. The van der Waals surface area contributed by atoms with Gasteiger partial charge in [0.15, 0.2) is 0 Å². The second-order valence-electron chi connectivity index (χ2n) is 11.5. The molecule has 232 valence electrons. The number of morpholine rings is 1. The van der Waals surface area contributed by atoms with E-state index >= 15 is 0 Å². The van der Waals surface area contributed by atoms with E-state index in [0.717, 1.165) is 31.2 Å². The van der Waals surface area contributed by atoms with Crippen LogP contribution >= 0.6 is 0 Å². The first-order valence-electron chi connectivity index (χ1n) is 15.2. The van der Waals surface area contributed by atoms with Crippen LogP contribution in [0.25, 0.3) is 0 Å². The number of nitrogens with zero attached hydrogens (tertiary/aromatic N) is 1. The number of esters is 1. The van der Waals surface area contributed by atoms with Crippen LogP contribution in [0.4, 0.5) is 4.79 Å². The van der Waals surface area contributed by atoms with Gasteiger partial charge < -0.3 is 30.3 Å². The van der Waals surface area contributed by atoms with Crippen molar-refractivity contribution in [3.05, 3.63) is 35.9 Å². The lowest BCUT2D eigenvalue weighted by Crippen LogP contribution is -2.65. The Morgan fingerprint density at radius 1 is 0.976 bits per heavy atom. The van der Waals surface area contributed by atoms with E-state index < -0.39 is 41.2 Å². The maximum absolute atomic E-state index is 13.8. The second kappa shape index (κ2) is 16.2. The zero-order chi connectivity index (χ0) is 30.5. The normalized spacial score (nSPS) is 18.0. The van der Waals surface area contributed by atoms with Crippen LogP contribution in [0.3, 0.4) is 0 Å². The quantitative estimate of drug-likeness (QED) is 0.238. The summed E-state index contributed by atoms with van der Waals surface area (Å²) in [5, 5.41) is 8.32. The molecule has 0 spiro atoms. The van der Waals surface area contributed by atoms with Crippen molar-refractivity contribution < 1.29 is 33.4 Å². The summed E-state index contributed by atoms with van der Waals surface area (Å²) in [6.45, 7) is 7.24. The zero-order valence-electron chi connectivity index (χ0n) is 25.1. The maximum atomic E-state index is 13.8. The molecule has 1 saturated heterocycles. The molecule has 1 aromatic carbocycles. The van der Waals surface area contributed by atoms with Gasteiger partial charge in [-0.05, 0) is 30.7 Å². The minimum Gasteiger partial charge on any atom is -0.459 e. The smallest absolute Gasteiger partial charge is 0.329 e. The van der Waals surface area contributed by atoms with Gasteiger partial charge in [-0.3, -0.25) is 14.4 Å². The first-order chi connectivity index (χ1) is 20.2. The maximum Gasteiger partial charge on any atom is 0.329 e. The van der Waals surface area contributed by atoms with E-state index in [1.165, 1.54) is 0 Å². The number of unbranched alkanes of at least 4 members (excludes halogenated alkanes) is 1. The van der Waals surface area contributed by atoms with E-state index in [1.54, 1.807) is 18.7 Å². The number of amides is 4. The van der Waals surface area contributed by atoms with Gasteiger partial charge in [0.25, 0.3) is 5.91 Å². The van der Waals surface area contributed by atoms with Crippen molar-refractivity contribution in [3.63, 3.8) is 0 Å². The molecule has 2 atom stereocenters. The highest BCUT2D eigenvalue weighted by Crippen LogP contribution is 2.29. The number of hydrogen-bond acceptors (Lipinski definition) is 7. The fourth-order valence-corrected chi connectivity index (χ4v) is 5.27. The van der Waals surface area contributed by atoms with Crippen LogP contribution in [-0.4, -0.2) is 78.4 Å². The highest BCUT2D eigenvalue weighted by molar-refractivity contribution is 6.38. The molecule has 2 aliphatic rings. The Morgan fingerprint density at radius 3 is 2.26 bits per heavy atom. The van der Waals surface area contributed by atoms with Crippen LogP contribution in [0.1, 0.15) is 77.7 Å². The Hall–Kier alpha value is -3.47. The predicted octanol–water partition coefficient (Wildman–Crippen LogP) is 2.86. The van der Waals surface area contributed by atoms with Crippen LogP contribution < -0.4 is 16.0 Å². The molecule has 11 nitrogen and oxygen atoms in total. The Morgan fingerprint density at radius 2 is 1.64 bits per heavy atom. The number of Topliss-reactive ketones (excluding diaryl/α,β-unsaturated/α-hetero) is 1. The van der Waals surface area contributed by atoms with E-state index in [2.05, 4.69) is 16.0 Å². The van der Waals surface area contributed by atoms with Gasteiger partial charge in [-0.15, -0.1) is 0 Å². The molecule has 1 heterocycles. The molecule has 11 heteroatoms. The van der Waals surface area contributed by atoms with Gasteiger partial charge in [0, 0.05) is 13.1 Å². The first-order valence-corrected chi connectivity index (χ1v) is 15.2. The van der Waals surface area contributed by atoms with Crippen molar-refractivity contribution in [2.75, 3.05) is 26.3 Å². The molecule has 0 bridgehead atoms. The molecular formula is C31H46N4O7. The van der Waals surface area contributed by atoms with Gasteiger partial charge in [0.05, 0.1) is 19.3 Å². The molecule has 1 aliphatic heterocycles.